The predicted octanol–water partition coefficient (Wildman–Crippen LogP) is 3.49. The number of allylic oxidation sites excluding steroid dienone is 1. The Morgan fingerprint density at radius 2 is 1.53 bits per heavy atom. The van der Waals surface area contributed by atoms with Gasteiger partial charge in [0.1, 0.15) is 41.2 Å². The summed E-state index contributed by atoms with van der Waals surface area (Å²) in [6, 6.07) is 21.1. The molecule has 3 aromatic carbocycles. The number of primary amides is 1. The number of nitrogens with one attached hydrogen (secondary N) is 3. The zero-order valence-corrected chi connectivity index (χ0v) is 40.1. The third-order valence-electron chi connectivity index (χ3n) is 13.8. The van der Waals surface area contributed by atoms with E-state index >= 15 is 0 Å². The van der Waals surface area contributed by atoms with Crippen LogP contribution in [0.3, 0.4) is 0 Å². The second kappa shape index (κ2) is 22.8. The maximum atomic E-state index is 13.3. The Bertz CT molecular complexity index is 2710. The molecule has 0 aliphatic carbocycles. The molecule has 7 amide bonds. The monoisotopic (exact) mass is 984 g/mol. The maximum absolute atomic E-state index is 13.3. The van der Waals surface area contributed by atoms with Crippen LogP contribution in [0.1, 0.15) is 76.0 Å². The van der Waals surface area contributed by atoms with Crippen LogP contribution < -0.4 is 31.3 Å². The maximum Gasteiger partial charge on any atom is 0.262 e. The number of piperazine rings is 1. The molecule has 5 aliphatic heterocycles. The van der Waals surface area contributed by atoms with Crippen LogP contribution in [0.5, 0.6) is 11.5 Å². The predicted molar refractivity (Wildman–Crippen MR) is 265 cm³/mol. The van der Waals surface area contributed by atoms with E-state index in [1.165, 1.54) is 0 Å². The Morgan fingerprint density at radius 3 is 2.28 bits per heavy atom. The van der Waals surface area contributed by atoms with Gasteiger partial charge in [0.25, 0.3) is 17.7 Å². The molecule has 0 saturated carbocycles. The Morgan fingerprint density at radius 1 is 0.792 bits per heavy atom. The normalized spacial score (nSPS) is 18.3. The lowest BCUT2D eigenvalue weighted by Gasteiger charge is -2.36. The molecule has 1 atom stereocenters. The first-order valence-corrected chi connectivity index (χ1v) is 24.8. The van der Waals surface area contributed by atoms with Gasteiger partial charge >= 0.3 is 0 Å². The number of amides is 7. The fraction of sp³-hybridized carbons (Fsp3) is 0.423. The molecule has 1 aromatic heterocycles. The van der Waals surface area contributed by atoms with Gasteiger partial charge in [-0.1, -0.05) is 18.2 Å². The Balaban J connectivity index is 0.613. The highest BCUT2D eigenvalue weighted by molar-refractivity contribution is 6.23. The Hall–Kier alpha value is -7.42. The molecule has 20 nitrogen and oxygen atoms in total. The van der Waals surface area contributed by atoms with E-state index in [2.05, 4.69) is 31.8 Å². The van der Waals surface area contributed by atoms with E-state index in [0.717, 1.165) is 86.0 Å². The first kappa shape index (κ1) is 49.6. The number of benzene rings is 3. The van der Waals surface area contributed by atoms with Gasteiger partial charge in [-0.3, -0.25) is 48.7 Å². The number of hydrogen-bond acceptors (Lipinski definition) is 14. The molecule has 72 heavy (non-hydrogen) atoms. The lowest BCUT2D eigenvalue weighted by Crippen LogP contribution is -2.54. The highest BCUT2D eigenvalue weighted by atomic mass is 16.5. The van der Waals surface area contributed by atoms with Gasteiger partial charge in [0, 0.05) is 88.1 Å². The lowest BCUT2D eigenvalue weighted by atomic mass is 9.92. The molecule has 3 saturated heterocycles. The van der Waals surface area contributed by atoms with Gasteiger partial charge in [0.15, 0.2) is 0 Å². The summed E-state index contributed by atoms with van der Waals surface area (Å²) in [5.41, 5.74) is 9.81. The number of rotatable bonds is 20. The van der Waals surface area contributed by atoms with Crippen LogP contribution in [0.15, 0.2) is 78.9 Å². The molecule has 1 unspecified atom stereocenters. The third kappa shape index (κ3) is 11.4. The number of nitrogens with zero attached hydrogens (tertiary/aromatic N) is 6. The number of nitrogens with two attached hydrogens (primary N) is 1. The minimum absolute atomic E-state index is 0.0343. The van der Waals surface area contributed by atoms with Crippen molar-refractivity contribution in [3.8, 4) is 22.8 Å². The van der Waals surface area contributed by atoms with Crippen LogP contribution in [0, 0.1) is 5.92 Å². The molecule has 4 aromatic rings. The number of carbonyl (C=O) groups is 7. The van der Waals surface area contributed by atoms with Crippen molar-refractivity contribution < 1.29 is 47.8 Å². The highest BCUT2D eigenvalue weighted by Gasteiger charge is 2.45. The number of hydrogen-bond donors (Lipinski definition) is 4. The first-order chi connectivity index (χ1) is 35.0. The van der Waals surface area contributed by atoms with Gasteiger partial charge in [0.2, 0.25) is 23.6 Å². The van der Waals surface area contributed by atoms with E-state index in [0.29, 0.717) is 68.6 Å². The van der Waals surface area contributed by atoms with Crippen LogP contribution in [-0.4, -0.2) is 157 Å². The van der Waals surface area contributed by atoms with Crippen LogP contribution in [-0.2, 0) is 28.7 Å². The van der Waals surface area contributed by atoms with Crippen molar-refractivity contribution in [1.29, 1.82) is 0 Å². The van der Waals surface area contributed by atoms with E-state index in [-0.39, 0.29) is 54.9 Å². The SMILES string of the molecule is NC(=O)c1c(-c2ccc(Oc3ccccc3)cc2)nn2c1NCC=C2C1CCN(C(=O)COCCOCCNC(=O)CCCCN2CCN(c3ccc4c(c3)C(=O)N(C3CCC(=O)NC3=O)C4=O)CC2)CC1. The zero-order valence-electron chi connectivity index (χ0n) is 40.1. The number of ether oxygens (including phenoxy) is 3. The summed E-state index contributed by atoms with van der Waals surface area (Å²) >= 11 is 0. The third-order valence-corrected chi connectivity index (χ3v) is 13.8. The standard InChI is InChI=1S/C52H60N10O10/c53-48(66)46-47(35-9-12-38(13-10-35)72-37-6-2-1-3-7-37)57-62-41(17-20-55-49(46)62)34-18-23-60(24-19-34)45(65)33-71-31-30-70-29-21-54-43(63)8-4-5-22-58-25-27-59(28-26-58)36-11-14-39-40(32-36)52(69)61(51(39)68)42-15-16-44(64)56-50(42)67/h1-3,6-7,9-14,17,32,34,42,55H,4-5,8,15-16,18-31,33H2,(H2,53,66)(H,54,63)(H,56,64,67). The van der Waals surface area contributed by atoms with Crippen molar-refractivity contribution in [2.45, 2.75) is 51.0 Å². The zero-order chi connectivity index (χ0) is 50.1. The molecule has 5 N–H and O–H groups in total. The summed E-state index contributed by atoms with van der Waals surface area (Å²) in [7, 11) is 0. The summed E-state index contributed by atoms with van der Waals surface area (Å²) in [4.78, 5) is 96.0. The van der Waals surface area contributed by atoms with Crippen molar-refractivity contribution in [2.75, 3.05) is 95.5 Å². The minimum atomic E-state index is -0.995. The molecular formula is C52H60N10O10. The fourth-order valence-electron chi connectivity index (χ4n) is 9.94. The quantitative estimate of drug-likeness (QED) is 0.0733. The second-order valence-electron chi connectivity index (χ2n) is 18.4. The summed E-state index contributed by atoms with van der Waals surface area (Å²) in [6.45, 7) is 6.79. The molecule has 0 radical (unpaired) electrons. The van der Waals surface area contributed by atoms with Crippen molar-refractivity contribution in [2.24, 2.45) is 11.7 Å². The van der Waals surface area contributed by atoms with Crippen LogP contribution in [0.2, 0.25) is 0 Å². The van der Waals surface area contributed by atoms with E-state index in [4.69, 9.17) is 25.0 Å². The molecule has 9 rings (SSSR count). The van der Waals surface area contributed by atoms with Gasteiger partial charge in [-0.2, -0.15) is 5.10 Å². The van der Waals surface area contributed by atoms with Crippen molar-refractivity contribution in [1.82, 2.24) is 35.1 Å². The molecule has 378 valence electrons. The van der Waals surface area contributed by atoms with E-state index < -0.39 is 35.6 Å². The molecule has 20 heteroatoms. The number of unbranched alkanes of at least 4 members (excludes halogenated alkanes) is 1. The average Bonchev–Trinajstić information content (AvgIpc) is 3.91. The lowest BCUT2D eigenvalue weighted by molar-refractivity contribution is -0.138. The topological polar surface area (TPSA) is 240 Å². The summed E-state index contributed by atoms with van der Waals surface area (Å²) in [6.07, 6.45) is 5.75. The molecule has 5 aliphatic rings. The van der Waals surface area contributed by atoms with Crippen LogP contribution >= 0.6 is 0 Å². The van der Waals surface area contributed by atoms with E-state index in [9.17, 15) is 33.6 Å². The minimum Gasteiger partial charge on any atom is -0.457 e. The van der Waals surface area contributed by atoms with Gasteiger partial charge in [-0.15, -0.1) is 0 Å². The van der Waals surface area contributed by atoms with Gasteiger partial charge in [0.05, 0.1) is 30.9 Å². The molecule has 6 heterocycles. The molecular weight excluding hydrogens is 925 g/mol. The summed E-state index contributed by atoms with van der Waals surface area (Å²) < 4.78 is 19.0. The van der Waals surface area contributed by atoms with Gasteiger partial charge < -0.3 is 40.4 Å². The van der Waals surface area contributed by atoms with Crippen LogP contribution in [0.25, 0.3) is 17.0 Å². The molecule has 3 fully saturated rings. The number of piperidine rings is 2. The average molecular weight is 985 g/mol. The largest absolute Gasteiger partial charge is 0.457 e. The number of anilines is 2. The van der Waals surface area contributed by atoms with Crippen molar-refractivity contribution >= 4 is 58.6 Å². The second-order valence-corrected chi connectivity index (χ2v) is 18.4. The van der Waals surface area contributed by atoms with Crippen molar-refractivity contribution in [3.05, 3.63) is 95.6 Å². The molecule has 0 spiro atoms. The smallest absolute Gasteiger partial charge is 0.262 e. The highest BCUT2D eigenvalue weighted by Crippen LogP contribution is 2.38. The van der Waals surface area contributed by atoms with Crippen LogP contribution in [0.4, 0.5) is 11.5 Å². The van der Waals surface area contributed by atoms with E-state index in [1.807, 2.05) is 65.6 Å². The number of carbonyl (C=O) groups excluding carboxylic acids is 7. The number of likely N-dealkylation sites (tertiary alicyclic amines) is 1. The van der Waals surface area contributed by atoms with Gasteiger partial charge in [-0.05, 0) is 99.3 Å². The number of aromatic nitrogens is 2. The Labute approximate surface area is 416 Å². The number of fused-ring (bicyclic) bond motifs is 2. The van der Waals surface area contributed by atoms with E-state index in [1.54, 1.807) is 16.8 Å². The summed E-state index contributed by atoms with van der Waals surface area (Å²) in [5, 5.41) is 13.3. The number of imide groups is 2. The van der Waals surface area contributed by atoms with Crippen molar-refractivity contribution in [3.63, 3.8) is 0 Å². The fourth-order valence-corrected chi connectivity index (χ4v) is 9.94. The number of para-hydroxylation sites is 1. The first-order valence-electron chi connectivity index (χ1n) is 24.8. The van der Waals surface area contributed by atoms with Gasteiger partial charge in [-0.25, -0.2) is 4.68 Å². The Kier molecular flexibility index (Phi) is 15.7. The molecule has 0 bridgehead atoms. The summed E-state index contributed by atoms with van der Waals surface area (Å²) in [5.74, 6) is -0.710.